The maximum absolute atomic E-state index is 5.74. The van der Waals surface area contributed by atoms with Crippen molar-refractivity contribution in [2.24, 2.45) is 0 Å². The van der Waals surface area contributed by atoms with E-state index in [4.69, 9.17) is 19.9 Å². The summed E-state index contributed by atoms with van der Waals surface area (Å²) in [7, 11) is 0. The number of hydrogen-bond acceptors (Lipinski definition) is 4. The molecule has 6 aromatic heterocycles. The molecule has 2 aliphatic rings. The lowest BCUT2D eigenvalue weighted by molar-refractivity contribution is 0.656. The quantitative estimate of drug-likeness (QED) is 0.156. The molecule has 6 heterocycles. The topological polar surface area (TPSA) is 71.3 Å². The van der Waals surface area contributed by atoms with E-state index in [9.17, 15) is 0 Å². The second kappa shape index (κ2) is 24.7. The molecule has 26 rings (SSSR count). The van der Waals surface area contributed by atoms with Crippen LogP contribution in [0.5, 0.6) is 0 Å². The highest BCUT2D eigenvalue weighted by Crippen LogP contribution is 2.55. The zero-order valence-electron chi connectivity index (χ0n) is 65.2. The first-order chi connectivity index (χ1) is 58.1. The number of rotatable bonds is 6. The normalized spacial score (nSPS) is 13.4. The Balaban J connectivity index is 0.000000131. The van der Waals surface area contributed by atoms with Crippen molar-refractivity contribution in [1.29, 1.82) is 0 Å². The average Bonchev–Trinajstić information content (AvgIpc) is 1.51. The van der Waals surface area contributed by atoms with Gasteiger partial charge in [-0.2, -0.15) is 0 Å². The molecule has 0 aliphatic heterocycles. The number of fused-ring (bicyclic) bond motifs is 32. The lowest BCUT2D eigenvalue weighted by Crippen LogP contribution is -2.17. The molecule has 8 nitrogen and oxygen atoms in total. The van der Waals surface area contributed by atoms with Crippen LogP contribution in [0.1, 0.15) is 49.9 Å². The van der Waals surface area contributed by atoms with Gasteiger partial charge in [-0.15, -0.1) is 0 Å². The maximum atomic E-state index is 5.74. The second-order valence-electron chi connectivity index (χ2n) is 33.0. The number of nitrogens with zero attached hydrogens (tertiary/aromatic N) is 8. The molecule has 0 saturated heterocycles. The number of benzene rings is 18. The molecule has 18 aromatic carbocycles. The van der Waals surface area contributed by atoms with E-state index in [0.29, 0.717) is 0 Å². The summed E-state index contributed by atoms with van der Waals surface area (Å²) in [5, 5.41) is 18.9. The van der Waals surface area contributed by atoms with Gasteiger partial charge in [0.2, 0.25) is 0 Å². The third-order valence-corrected chi connectivity index (χ3v) is 26.1. The second-order valence-corrected chi connectivity index (χ2v) is 33.0. The minimum atomic E-state index is -0.168. The Morgan fingerprint density at radius 1 is 0.212 bits per heavy atom. The third kappa shape index (κ3) is 9.14. The van der Waals surface area contributed by atoms with Crippen LogP contribution in [0, 0.1) is 0 Å². The Morgan fingerprint density at radius 3 is 0.966 bits per heavy atom. The lowest BCUT2D eigenvalue weighted by Gasteiger charge is -2.25. The molecule has 0 unspecified atom stereocenters. The fraction of sp³-hybridized carbons (Fsp3) is 0.0545. The van der Waals surface area contributed by atoms with Crippen molar-refractivity contribution in [3.05, 3.63) is 386 Å². The maximum Gasteiger partial charge on any atom is 0.165 e. The summed E-state index contributed by atoms with van der Waals surface area (Å²) in [6.45, 7) is 9.47. The molecule has 0 fully saturated rings. The average molecular weight is 1510 g/mol. The zero-order valence-corrected chi connectivity index (χ0v) is 65.2. The van der Waals surface area contributed by atoms with Gasteiger partial charge in [-0.1, -0.05) is 325 Å². The summed E-state index contributed by atoms with van der Waals surface area (Å²) in [5.74, 6) is 1.64. The smallest absolute Gasteiger partial charge is 0.165 e. The van der Waals surface area contributed by atoms with Gasteiger partial charge < -0.3 is 9.13 Å². The molecule has 0 N–H and O–H groups in total. The Hall–Kier alpha value is -15.1. The predicted molar refractivity (Wildman–Crippen MR) is 492 cm³/mol. The van der Waals surface area contributed by atoms with Gasteiger partial charge in [0, 0.05) is 92.3 Å². The van der Waals surface area contributed by atoms with E-state index in [2.05, 4.69) is 410 Å². The van der Waals surface area contributed by atoms with Crippen LogP contribution in [0.25, 0.3) is 220 Å². The highest BCUT2D eigenvalue weighted by Gasteiger charge is 2.40. The van der Waals surface area contributed by atoms with Crippen LogP contribution in [-0.2, 0) is 10.8 Å². The Kier molecular flexibility index (Phi) is 13.9. The molecular formula is C110H72N8. The minimum Gasteiger partial charge on any atom is -0.309 e. The van der Waals surface area contributed by atoms with Crippen LogP contribution in [0.15, 0.2) is 364 Å². The Bertz CT molecular complexity index is 8500. The van der Waals surface area contributed by atoms with Gasteiger partial charge in [0.15, 0.2) is 11.6 Å². The Labute approximate surface area is 678 Å². The summed E-state index contributed by atoms with van der Waals surface area (Å²) >= 11 is 0. The van der Waals surface area contributed by atoms with E-state index >= 15 is 0 Å². The van der Waals surface area contributed by atoms with Gasteiger partial charge in [-0.05, 0) is 133 Å². The van der Waals surface area contributed by atoms with Crippen LogP contribution >= 0.6 is 0 Å². The van der Waals surface area contributed by atoms with Gasteiger partial charge in [0.05, 0.1) is 71.9 Å². The first-order valence-electron chi connectivity index (χ1n) is 40.9. The SMILES string of the molecule is CC1(C)c2ccccc2-c2ccc(-n3c4ccccc4c4c5c6ccccc6n(-c6nc7c8ccccc8c8ccccc8c7nc6-c6ccccc6)c5ccc43)cc21.CC1(C)c2ccccc2-c2cccc(-n3c4ccccc4c4c5c6ccccc6n(-c6nc7c8ccccc8c8ccccc8c7nc6-c6ccccc6)c5ccc43)c21. The van der Waals surface area contributed by atoms with Crippen molar-refractivity contribution in [1.82, 2.24) is 38.2 Å². The van der Waals surface area contributed by atoms with Crippen molar-refractivity contribution in [3.63, 3.8) is 0 Å². The van der Waals surface area contributed by atoms with Crippen molar-refractivity contribution < 1.29 is 0 Å². The van der Waals surface area contributed by atoms with E-state index in [-0.39, 0.29) is 10.8 Å². The molecule has 552 valence electrons. The van der Waals surface area contributed by atoms with E-state index in [1.165, 1.54) is 143 Å². The first-order valence-corrected chi connectivity index (χ1v) is 40.9. The van der Waals surface area contributed by atoms with Gasteiger partial charge in [0.25, 0.3) is 0 Å². The highest BCUT2D eigenvalue weighted by molar-refractivity contribution is 6.32. The van der Waals surface area contributed by atoms with Crippen molar-refractivity contribution in [2.45, 2.75) is 38.5 Å². The number of hydrogen-bond donors (Lipinski definition) is 0. The van der Waals surface area contributed by atoms with E-state index in [0.717, 1.165) is 99.8 Å². The minimum absolute atomic E-state index is 0.101. The molecule has 0 saturated carbocycles. The largest absolute Gasteiger partial charge is 0.309 e. The van der Waals surface area contributed by atoms with Crippen LogP contribution in [0.3, 0.4) is 0 Å². The molecule has 0 bridgehead atoms. The van der Waals surface area contributed by atoms with Gasteiger partial charge in [0.1, 0.15) is 11.4 Å². The molecule has 24 aromatic rings. The molecule has 0 atom stereocenters. The molecule has 8 heteroatoms. The molecular weight excluding hydrogens is 1430 g/mol. The zero-order chi connectivity index (χ0) is 78.0. The van der Waals surface area contributed by atoms with Crippen LogP contribution < -0.4 is 0 Å². The third-order valence-electron chi connectivity index (χ3n) is 26.1. The summed E-state index contributed by atoms with van der Waals surface area (Å²) < 4.78 is 9.72. The standard InChI is InChI=1S/2C55H36N4/c1-55(2)42-27-13-10-21-36(42)37-26-16-30-47(50(37)55)58-43-28-14-11-24-40(43)48-45(58)31-32-46-49(48)41-25-12-15-29-44(41)59(46)54-51(33-17-4-3-5-18-33)56-52-38-22-8-6-19-34(38)35-20-7-9-23-39(35)53(52)57-54;1-55(2)43-25-13-10-20-37(43)38-29-28-34(32-44(38)55)58-45-26-14-11-23-41(45)49-47(58)30-31-48-50(49)42-24-12-15-27-46(42)59(48)54-51(33-16-4-3-5-17-33)56-52-39-21-8-6-18-35(39)36-19-7-9-22-40(36)53(52)57-54/h2*3-32H,1-2H3. The molecule has 0 radical (unpaired) electrons. The molecule has 118 heavy (non-hydrogen) atoms. The predicted octanol–water partition coefficient (Wildman–Crippen LogP) is 28.2. The van der Waals surface area contributed by atoms with Crippen LogP contribution in [0.4, 0.5) is 0 Å². The van der Waals surface area contributed by atoms with Gasteiger partial charge in [-0.3, -0.25) is 9.13 Å². The summed E-state index contributed by atoms with van der Waals surface area (Å²) in [5.41, 5.74) is 29.5. The van der Waals surface area contributed by atoms with Gasteiger partial charge in [-0.25, -0.2) is 19.9 Å². The summed E-state index contributed by atoms with van der Waals surface area (Å²) in [6.07, 6.45) is 0. The molecule has 2 aliphatic carbocycles. The van der Waals surface area contributed by atoms with Crippen molar-refractivity contribution in [3.8, 4) is 67.8 Å². The van der Waals surface area contributed by atoms with Crippen molar-refractivity contribution >= 4 is 152 Å². The van der Waals surface area contributed by atoms with Crippen LogP contribution in [-0.4, -0.2) is 38.2 Å². The van der Waals surface area contributed by atoms with Gasteiger partial charge >= 0.3 is 0 Å². The molecule has 0 amide bonds. The first kappa shape index (κ1) is 66.3. The summed E-state index contributed by atoms with van der Waals surface area (Å²) in [4.78, 5) is 22.7. The monoisotopic (exact) mass is 1500 g/mol. The fourth-order valence-corrected chi connectivity index (χ4v) is 21.1. The lowest BCUT2D eigenvalue weighted by atomic mass is 9.81. The number of aromatic nitrogens is 8. The van der Waals surface area contributed by atoms with E-state index in [1.54, 1.807) is 0 Å². The van der Waals surface area contributed by atoms with Crippen LogP contribution in [0.2, 0.25) is 0 Å². The van der Waals surface area contributed by atoms with Crippen molar-refractivity contribution in [2.75, 3.05) is 0 Å². The Morgan fingerprint density at radius 2 is 0.525 bits per heavy atom. The summed E-state index contributed by atoms with van der Waals surface area (Å²) in [6, 6.07) is 132. The fourth-order valence-electron chi connectivity index (χ4n) is 21.1. The number of para-hydroxylation sites is 4. The van der Waals surface area contributed by atoms with E-state index in [1.807, 2.05) is 0 Å². The van der Waals surface area contributed by atoms with E-state index < -0.39 is 0 Å². The highest BCUT2D eigenvalue weighted by atomic mass is 15.1. The molecule has 0 spiro atoms.